The number of amides is 1. The second-order valence-corrected chi connectivity index (χ2v) is 4.42. The largest absolute Gasteiger partial charge is 0.496 e. The summed E-state index contributed by atoms with van der Waals surface area (Å²) in [7, 11) is 1.66. The van der Waals surface area contributed by atoms with Crippen LogP contribution < -0.4 is 10.1 Å². The number of piperidine rings is 1. The Kier molecular flexibility index (Phi) is 3.67. The predicted octanol–water partition coefficient (Wildman–Crippen LogP) is 2.25. The maximum atomic E-state index is 11.9. The van der Waals surface area contributed by atoms with E-state index in [1.54, 1.807) is 7.11 Å². The first-order chi connectivity index (χ1) is 8.26. The van der Waals surface area contributed by atoms with Gasteiger partial charge in [-0.15, -0.1) is 0 Å². The Morgan fingerprint density at radius 2 is 2.29 bits per heavy atom. The predicted molar refractivity (Wildman–Crippen MR) is 67.4 cm³/mol. The van der Waals surface area contributed by atoms with Gasteiger partial charge in [0.05, 0.1) is 13.0 Å². The molecule has 1 aromatic carbocycles. The molecule has 1 aliphatic rings. The standard InChI is InChI=1S/C14H19NO2/c1-3-10-6-7-13(17-2)12(9-10)11-5-4-8-15-14(11)16/h6-7,9,11H,3-5,8H2,1-2H3,(H,15,16). The number of rotatable bonds is 3. The molecule has 1 unspecified atom stereocenters. The average Bonchev–Trinajstić information content (AvgIpc) is 2.38. The van der Waals surface area contributed by atoms with Crippen LogP contribution in [-0.2, 0) is 11.2 Å². The van der Waals surface area contributed by atoms with Crippen molar-refractivity contribution < 1.29 is 9.53 Å². The average molecular weight is 233 g/mol. The van der Waals surface area contributed by atoms with Crippen LogP contribution in [0.1, 0.15) is 36.8 Å². The molecule has 3 heteroatoms. The molecule has 0 aromatic heterocycles. The van der Waals surface area contributed by atoms with Crippen LogP contribution in [0.25, 0.3) is 0 Å². The molecule has 1 atom stereocenters. The fourth-order valence-corrected chi connectivity index (χ4v) is 2.34. The van der Waals surface area contributed by atoms with Crippen molar-refractivity contribution in [3.05, 3.63) is 29.3 Å². The maximum absolute atomic E-state index is 11.9. The van der Waals surface area contributed by atoms with Gasteiger partial charge in [-0.05, 0) is 30.9 Å². The molecule has 17 heavy (non-hydrogen) atoms. The molecular weight excluding hydrogens is 214 g/mol. The zero-order valence-corrected chi connectivity index (χ0v) is 10.5. The summed E-state index contributed by atoms with van der Waals surface area (Å²) in [5.41, 5.74) is 2.28. The van der Waals surface area contributed by atoms with Gasteiger partial charge in [0.1, 0.15) is 5.75 Å². The first kappa shape index (κ1) is 12.0. The summed E-state index contributed by atoms with van der Waals surface area (Å²) >= 11 is 0. The Labute approximate surface area is 102 Å². The maximum Gasteiger partial charge on any atom is 0.227 e. The highest BCUT2D eigenvalue weighted by molar-refractivity contribution is 5.85. The van der Waals surface area contributed by atoms with Crippen molar-refractivity contribution in [3.63, 3.8) is 0 Å². The Bertz CT molecular complexity index is 415. The second-order valence-electron chi connectivity index (χ2n) is 4.42. The number of methoxy groups -OCH3 is 1. The molecule has 1 saturated heterocycles. The number of hydrogen-bond acceptors (Lipinski definition) is 2. The van der Waals surface area contributed by atoms with E-state index in [0.717, 1.165) is 37.1 Å². The van der Waals surface area contributed by atoms with E-state index < -0.39 is 0 Å². The summed E-state index contributed by atoms with van der Waals surface area (Å²) in [6.45, 7) is 2.91. The van der Waals surface area contributed by atoms with Crippen molar-refractivity contribution in [2.24, 2.45) is 0 Å². The number of aryl methyl sites for hydroxylation is 1. The molecule has 0 bridgehead atoms. The molecule has 0 aliphatic carbocycles. The number of carbonyl (C=O) groups is 1. The zero-order chi connectivity index (χ0) is 12.3. The van der Waals surface area contributed by atoms with Crippen LogP contribution in [0.5, 0.6) is 5.75 Å². The van der Waals surface area contributed by atoms with Gasteiger partial charge in [-0.1, -0.05) is 19.1 Å². The quantitative estimate of drug-likeness (QED) is 0.869. The highest BCUT2D eigenvalue weighted by Gasteiger charge is 2.26. The third-order valence-electron chi connectivity index (χ3n) is 3.36. The zero-order valence-electron chi connectivity index (χ0n) is 10.5. The van der Waals surface area contributed by atoms with Gasteiger partial charge in [0.25, 0.3) is 0 Å². The van der Waals surface area contributed by atoms with Crippen molar-refractivity contribution in [3.8, 4) is 5.75 Å². The minimum Gasteiger partial charge on any atom is -0.496 e. The summed E-state index contributed by atoms with van der Waals surface area (Å²) < 4.78 is 5.37. The lowest BCUT2D eigenvalue weighted by molar-refractivity contribution is -0.123. The summed E-state index contributed by atoms with van der Waals surface area (Å²) in [6.07, 6.45) is 2.93. The fraction of sp³-hybridized carbons (Fsp3) is 0.500. The summed E-state index contributed by atoms with van der Waals surface area (Å²) in [6, 6.07) is 6.13. The third-order valence-corrected chi connectivity index (χ3v) is 3.36. The van der Waals surface area contributed by atoms with Gasteiger partial charge in [-0.3, -0.25) is 4.79 Å². The van der Waals surface area contributed by atoms with Gasteiger partial charge in [-0.25, -0.2) is 0 Å². The molecule has 0 radical (unpaired) electrons. The lowest BCUT2D eigenvalue weighted by Crippen LogP contribution is -2.35. The number of benzene rings is 1. The lowest BCUT2D eigenvalue weighted by Gasteiger charge is -2.24. The number of ether oxygens (including phenoxy) is 1. The van der Waals surface area contributed by atoms with Crippen LogP contribution in [0, 0.1) is 0 Å². The number of nitrogens with one attached hydrogen (secondary N) is 1. The molecular formula is C14H19NO2. The van der Waals surface area contributed by atoms with Gasteiger partial charge in [0, 0.05) is 12.1 Å². The molecule has 3 nitrogen and oxygen atoms in total. The molecule has 1 fully saturated rings. The normalized spacial score (nSPS) is 19.9. The fourth-order valence-electron chi connectivity index (χ4n) is 2.34. The molecule has 1 heterocycles. The molecule has 1 amide bonds. The van der Waals surface area contributed by atoms with E-state index in [1.165, 1.54) is 5.56 Å². The lowest BCUT2D eigenvalue weighted by atomic mass is 9.89. The molecule has 0 saturated carbocycles. The van der Waals surface area contributed by atoms with E-state index in [4.69, 9.17) is 4.74 Å². The van der Waals surface area contributed by atoms with Crippen molar-refractivity contribution in [1.82, 2.24) is 5.32 Å². The van der Waals surface area contributed by atoms with E-state index in [2.05, 4.69) is 24.4 Å². The van der Waals surface area contributed by atoms with E-state index in [0.29, 0.717) is 0 Å². The number of hydrogen-bond donors (Lipinski definition) is 1. The minimum atomic E-state index is -0.0507. The molecule has 0 spiro atoms. The topological polar surface area (TPSA) is 38.3 Å². The smallest absolute Gasteiger partial charge is 0.227 e. The van der Waals surface area contributed by atoms with E-state index >= 15 is 0 Å². The van der Waals surface area contributed by atoms with Crippen LogP contribution in [0.3, 0.4) is 0 Å². The Hall–Kier alpha value is -1.51. The van der Waals surface area contributed by atoms with Gasteiger partial charge in [0.2, 0.25) is 5.91 Å². The van der Waals surface area contributed by atoms with Crippen LogP contribution in [0.4, 0.5) is 0 Å². The van der Waals surface area contributed by atoms with E-state index in [-0.39, 0.29) is 11.8 Å². The van der Waals surface area contributed by atoms with Gasteiger partial charge < -0.3 is 10.1 Å². The third kappa shape index (κ3) is 2.43. The van der Waals surface area contributed by atoms with Crippen LogP contribution >= 0.6 is 0 Å². The summed E-state index contributed by atoms with van der Waals surface area (Å²) in [4.78, 5) is 11.9. The molecule has 2 rings (SSSR count). The van der Waals surface area contributed by atoms with Crippen LogP contribution in [0.2, 0.25) is 0 Å². The first-order valence-electron chi connectivity index (χ1n) is 6.20. The van der Waals surface area contributed by atoms with Gasteiger partial charge in [-0.2, -0.15) is 0 Å². The Morgan fingerprint density at radius 1 is 1.47 bits per heavy atom. The van der Waals surface area contributed by atoms with E-state index in [1.807, 2.05) is 6.07 Å². The first-order valence-corrected chi connectivity index (χ1v) is 6.20. The van der Waals surface area contributed by atoms with Crippen molar-refractivity contribution in [1.29, 1.82) is 0 Å². The SMILES string of the molecule is CCc1ccc(OC)c(C2CCCNC2=O)c1. The highest BCUT2D eigenvalue weighted by atomic mass is 16.5. The van der Waals surface area contributed by atoms with Crippen molar-refractivity contribution >= 4 is 5.91 Å². The number of carbonyl (C=O) groups excluding carboxylic acids is 1. The summed E-state index contributed by atoms with van der Waals surface area (Å²) in [5.74, 6) is 0.900. The van der Waals surface area contributed by atoms with Crippen molar-refractivity contribution in [2.45, 2.75) is 32.1 Å². The van der Waals surface area contributed by atoms with E-state index in [9.17, 15) is 4.79 Å². The monoisotopic (exact) mass is 233 g/mol. The molecule has 92 valence electrons. The Morgan fingerprint density at radius 3 is 2.94 bits per heavy atom. The second kappa shape index (κ2) is 5.21. The van der Waals surface area contributed by atoms with Crippen LogP contribution in [0.15, 0.2) is 18.2 Å². The Balaban J connectivity index is 2.37. The van der Waals surface area contributed by atoms with Gasteiger partial charge >= 0.3 is 0 Å². The van der Waals surface area contributed by atoms with Crippen molar-refractivity contribution in [2.75, 3.05) is 13.7 Å². The minimum absolute atomic E-state index is 0.0507. The molecule has 1 N–H and O–H groups in total. The highest BCUT2D eigenvalue weighted by Crippen LogP contribution is 2.32. The summed E-state index contributed by atoms with van der Waals surface area (Å²) in [5, 5.41) is 2.92. The molecule has 1 aliphatic heterocycles. The van der Waals surface area contributed by atoms with Crippen LogP contribution in [-0.4, -0.2) is 19.6 Å². The van der Waals surface area contributed by atoms with Gasteiger partial charge in [0.15, 0.2) is 0 Å². The molecule has 1 aromatic rings.